The van der Waals surface area contributed by atoms with Gasteiger partial charge in [-0.1, -0.05) is 24.3 Å². The van der Waals surface area contributed by atoms with E-state index in [1.165, 1.54) is 26.4 Å². The fraction of sp³-hybridized carbons (Fsp3) is 0.240. The van der Waals surface area contributed by atoms with Crippen molar-refractivity contribution in [2.24, 2.45) is 0 Å². The van der Waals surface area contributed by atoms with E-state index in [4.69, 9.17) is 18.9 Å². The Morgan fingerprint density at radius 2 is 1.69 bits per heavy atom. The zero-order chi connectivity index (χ0) is 26.1. The molecule has 36 heavy (non-hydrogen) atoms. The van der Waals surface area contributed by atoms with Gasteiger partial charge in [0.2, 0.25) is 10.0 Å². The van der Waals surface area contributed by atoms with Crippen molar-refractivity contribution in [1.29, 1.82) is 0 Å². The first-order valence-electron chi connectivity index (χ1n) is 10.7. The van der Waals surface area contributed by atoms with Gasteiger partial charge >= 0.3 is 5.97 Å². The molecule has 0 fully saturated rings. The number of para-hydroxylation sites is 2. The fourth-order valence-electron chi connectivity index (χ4n) is 3.24. The maximum Gasteiger partial charge on any atom is 0.338 e. The third kappa shape index (κ3) is 7.06. The molecule has 2 N–H and O–H groups in total. The summed E-state index contributed by atoms with van der Waals surface area (Å²) in [5.74, 6) is -0.328. The standard InChI is InChI=1S/C25H27NO8S2/c1-31-21-6-4-5-7-22(21)34-24-20(14-18(25(28)32-2)15-23(24)33-13-12-27)26-36(29,30)16-17-8-10-19(35-3)11-9-17/h4-11,14-15,26-27H,12-13,16H2,1-3H3. The molecule has 0 heterocycles. The van der Waals surface area contributed by atoms with E-state index in [0.29, 0.717) is 11.3 Å². The molecule has 0 spiro atoms. The van der Waals surface area contributed by atoms with Crippen LogP contribution in [0.1, 0.15) is 15.9 Å². The Kier molecular flexibility index (Phi) is 9.45. The summed E-state index contributed by atoms with van der Waals surface area (Å²) in [5, 5.41) is 9.28. The molecule has 0 aliphatic heterocycles. The van der Waals surface area contributed by atoms with E-state index in [1.54, 1.807) is 48.2 Å². The number of ether oxygens (including phenoxy) is 4. The smallest absolute Gasteiger partial charge is 0.338 e. The largest absolute Gasteiger partial charge is 0.493 e. The van der Waals surface area contributed by atoms with Crippen molar-refractivity contribution < 1.29 is 37.3 Å². The van der Waals surface area contributed by atoms with Crippen molar-refractivity contribution in [3.8, 4) is 23.0 Å². The number of carbonyl (C=O) groups excluding carboxylic acids is 1. The Bertz CT molecular complexity index is 1290. The number of hydrogen-bond donors (Lipinski definition) is 2. The Hall–Kier alpha value is -3.41. The van der Waals surface area contributed by atoms with Crippen LogP contribution in [-0.2, 0) is 20.5 Å². The molecule has 0 aliphatic carbocycles. The van der Waals surface area contributed by atoms with Gasteiger partial charge in [-0.05, 0) is 48.2 Å². The van der Waals surface area contributed by atoms with E-state index >= 15 is 0 Å². The molecule has 9 nitrogen and oxygen atoms in total. The number of nitrogens with one attached hydrogen (secondary N) is 1. The number of aliphatic hydroxyl groups is 1. The first-order chi connectivity index (χ1) is 17.3. The topological polar surface area (TPSA) is 120 Å². The van der Waals surface area contributed by atoms with Crippen molar-refractivity contribution in [3.63, 3.8) is 0 Å². The summed E-state index contributed by atoms with van der Waals surface area (Å²) < 4.78 is 50.6. The fourth-order valence-corrected chi connectivity index (χ4v) is 4.84. The molecule has 0 bridgehead atoms. The van der Waals surface area contributed by atoms with Gasteiger partial charge in [-0.25, -0.2) is 13.2 Å². The lowest BCUT2D eigenvalue weighted by Gasteiger charge is -2.19. The molecule has 11 heteroatoms. The highest BCUT2D eigenvalue weighted by molar-refractivity contribution is 7.98. The van der Waals surface area contributed by atoms with E-state index < -0.39 is 16.0 Å². The van der Waals surface area contributed by atoms with Crippen molar-refractivity contribution in [1.82, 2.24) is 0 Å². The monoisotopic (exact) mass is 533 g/mol. The van der Waals surface area contributed by atoms with Crippen molar-refractivity contribution in [2.45, 2.75) is 10.6 Å². The predicted molar refractivity (Wildman–Crippen MR) is 138 cm³/mol. The van der Waals surface area contributed by atoms with Gasteiger partial charge in [0, 0.05) is 4.90 Å². The van der Waals surface area contributed by atoms with E-state index in [-0.39, 0.29) is 47.5 Å². The van der Waals surface area contributed by atoms with Crippen LogP contribution >= 0.6 is 11.8 Å². The average molecular weight is 534 g/mol. The van der Waals surface area contributed by atoms with Crippen molar-refractivity contribution in [2.75, 3.05) is 38.4 Å². The van der Waals surface area contributed by atoms with Gasteiger partial charge in [-0.2, -0.15) is 0 Å². The van der Waals surface area contributed by atoms with E-state index in [9.17, 15) is 18.3 Å². The summed E-state index contributed by atoms with van der Waals surface area (Å²) in [6.07, 6.45) is 1.93. The molecule has 3 rings (SSSR count). The highest BCUT2D eigenvalue weighted by Crippen LogP contribution is 2.43. The number of carbonyl (C=O) groups is 1. The second kappa shape index (κ2) is 12.5. The van der Waals surface area contributed by atoms with Crippen LogP contribution in [0.5, 0.6) is 23.0 Å². The number of rotatable bonds is 12. The number of benzene rings is 3. The quantitative estimate of drug-likeness (QED) is 0.259. The number of aliphatic hydroxyl groups excluding tert-OH is 1. The number of sulfonamides is 1. The molecular weight excluding hydrogens is 506 g/mol. The third-order valence-corrected chi connectivity index (χ3v) is 6.87. The number of anilines is 1. The van der Waals surface area contributed by atoms with Crippen molar-refractivity contribution in [3.05, 3.63) is 71.8 Å². The summed E-state index contributed by atoms with van der Waals surface area (Å²) in [7, 11) is -1.27. The minimum Gasteiger partial charge on any atom is -0.493 e. The van der Waals surface area contributed by atoms with Crippen LogP contribution in [0.25, 0.3) is 0 Å². The molecule has 0 unspecified atom stereocenters. The van der Waals surface area contributed by atoms with Crippen LogP contribution in [0.15, 0.2) is 65.6 Å². The van der Waals surface area contributed by atoms with Crippen molar-refractivity contribution >= 4 is 33.4 Å². The zero-order valence-electron chi connectivity index (χ0n) is 20.0. The summed E-state index contributed by atoms with van der Waals surface area (Å²) in [5.41, 5.74) is 0.561. The van der Waals surface area contributed by atoms with Crippen LogP contribution in [-0.4, -0.2) is 53.2 Å². The van der Waals surface area contributed by atoms with E-state index in [1.807, 2.05) is 18.4 Å². The molecule has 3 aromatic carbocycles. The molecule has 192 valence electrons. The average Bonchev–Trinajstić information content (AvgIpc) is 2.88. The summed E-state index contributed by atoms with van der Waals surface area (Å²) in [6.45, 7) is -0.440. The zero-order valence-corrected chi connectivity index (χ0v) is 21.6. The lowest BCUT2D eigenvalue weighted by atomic mass is 10.1. The highest BCUT2D eigenvalue weighted by atomic mass is 32.2. The SMILES string of the molecule is COC(=O)c1cc(NS(=O)(=O)Cc2ccc(SC)cc2)c(Oc2ccccc2OC)c(OCCO)c1. The molecule has 0 amide bonds. The second-order valence-electron chi connectivity index (χ2n) is 7.38. The van der Waals surface area contributed by atoms with E-state index in [2.05, 4.69) is 4.72 Å². The van der Waals surface area contributed by atoms with Crippen LogP contribution in [0, 0.1) is 0 Å². The summed E-state index contributed by atoms with van der Waals surface area (Å²) in [4.78, 5) is 13.3. The van der Waals surface area contributed by atoms with Crippen LogP contribution < -0.4 is 18.9 Å². The van der Waals surface area contributed by atoms with Gasteiger partial charge in [0.25, 0.3) is 0 Å². The van der Waals surface area contributed by atoms with Gasteiger partial charge in [-0.3, -0.25) is 4.72 Å². The molecule has 0 radical (unpaired) electrons. The first kappa shape index (κ1) is 27.2. The molecule has 0 saturated heterocycles. The van der Waals surface area contributed by atoms with Gasteiger partial charge in [0.15, 0.2) is 23.0 Å². The summed E-state index contributed by atoms with van der Waals surface area (Å²) >= 11 is 1.55. The lowest BCUT2D eigenvalue weighted by molar-refractivity contribution is 0.0600. The van der Waals surface area contributed by atoms with Gasteiger partial charge in [0.1, 0.15) is 6.61 Å². The molecular formula is C25H27NO8S2. The number of esters is 1. The first-order valence-corrected chi connectivity index (χ1v) is 13.6. The maximum absolute atomic E-state index is 13.1. The Balaban J connectivity index is 2.07. The molecule has 0 saturated carbocycles. The van der Waals surface area contributed by atoms with Crippen LogP contribution in [0.3, 0.4) is 0 Å². The minimum absolute atomic E-state index is 0.0121. The number of hydrogen-bond acceptors (Lipinski definition) is 9. The second-order valence-corrected chi connectivity index (χ2v) is 9.98. The summed E-state index contributed by atoms with van der Waals surface area (Å²) in [6, 6.07) is 16.6. The number of methoxy groups -OCH3 is 2. The molecule has 3 aromatic rings. The number of thioether (sulfide) groups is 1. The lowest BCUT2D eigenvalue weighted by Crippen LogP contribution is -2.17. The Morgan fingerprint density at radius 3 is 2.31 bits per heavy atom. The predicted octanol–water partition coefficient (Wildman–Crippen LogP) is 4.31. The van der Waals surface area contributed by atoms with Crippen LogP contribution in [0.4, 0.5) is 5.69 Å². The van der Waals surface area contributed by atoms with E-state index in [0.717, 1.165) is 4.90 Å². The third-order valence-electron chi connectivity index (χ3n) is 4.89. The maximum atomic E-state index is 13.1. The Labute approximate surface area is 214 Å². The van der Waals surface area contributed by atoms with Gasteiger partial charge in [0.05, 0.1) is 37.8 Å². The van der Waals surface area contributed by atoms with Gasteiger partial charge < -0.3 is 24.1 Å². The van der Waals surface area contributed by atoms with Gasteiger partial charge in [-0.15, -0.1) is 11.8 Å². The normalized spacial score (nSPS) is 11.0. The molecule has 0 aliphatic rings. The minimum atomic E-state index is -3.95. The highest BCUT2D eigenvalue weighted by Gasteiger charge is 2.23. The Morgan fingerprint density at radius 1 is 1.00 bits per heavy atom. The van der Waals surface area contributed by atoms with Crippen LogP contribution in [0.2, 0.25) is 0 Å². The molecule has 0 atom stereocenters. The molecule has 0 aromatic heterocycles.